The normalized spacial score (nSPS) is 9.65. The van der Waals surface area contributed by atoms with Crippen molar-refractivity contribution in [2.24, 2.45) is 0 Å². The average Bonchev–Trinajstić information content (AvgIpc) is 2.32. The van der Waals surface area contributed by atoms with Crippen LogP contribution in [0.1, 0.15) is 0 Å². The van der Waals surface area contributed by atoms with Crippen LogP contribution in [0.15, 0.2) is 54.6 Å². The molecule has 0 radical (unpaired) electrons. The second-order valence-corrected chi connectivity index (χ2v) is 3.50. The number of amides is 1. The van der Waals surface area contributed by atoms with Gasteiger partial charge in [0, 0.05) is 17.1 Å². The van der Waals surface area contributed by atoms with Crippen LogP contribution < -0.4 is 10.6 Å². The maximum Gasteiger partial charge on any atom is 0.409 e. The molecule has 0 aliphatic heterocycles. The molecule has 1 amide bonds. The summed E-state index contributed by atoms with van der Waals surface area (Å²) in [6, 6.07) is 16.8. The van der Waals surface area contributed by atoms with E-state index in [0.717, 1.165) is 11.4 Å². The fourth-order valence-electron chi connectivity index (χ4n) is 1.45. The Labute approximate surface area is 98.9 Å². The summed E-state index contributed by atoms with van der Waals surface area (Å²) in [5, 5.41) is 14.0. The standard InChI is InChI=1S/C13H12N2O2/c16-13(17)15-12-8-6-11(7-9-12)14-10-4-2-1-3-5-10/h1-9,14-15H,(H,16,17). The summed E-state index contributed by atoms with van der Waals surface area (Å²) in [5.41, 5.74) is 2.45. The van der Waals surface area contributed by atoms with E-state index in [9.17, 15) is 4.79 Å². The lowest BCUT2D eigenvalue weighted by Crippen LogP contribution is -2.06. The molecule has 0 aromatic heterocycles. The molecule has 0 heterocycles. The number of carboxylic acid groups (broad SMARTS) is 1. The summed E-state index contributed by atoms with van der Waals surface area (Å²) in [6.07, 6.45) is -1.06. The topological polar surface area (TPSA) is 61.4 Å². The summed E-state index contributed by atoms with van der Waals surface area (Å²) >= 11 is 0. The molecule has 0 atom stereocenters. The maximum absolute atomic E-state index is 10.4. The predicted molar refractivity (Wildman–Crippen MR) is 67.8 cm³/mol. The molecule has 3 N–H and O–H groups in total. The van der Waals surface area contributed by atoms with E-state index < -0.39 is 6.09 Å². The number of rotatable bonds is 3. The molecule has 86 valence electrons. The molecule has 0 fully saturated rings. The summed E-state index contributed by atoms with van der Waals surface area (Å²) in [6.45, 7) is 0. The summed E-state index contributed by atoms with van der Waals surface area (Å²) in [7, 11) is 0. The van der Waals surface area contributed by atoms with Crippen molar-refractivity contribution < 1.29 is 9.90 Å². The third-order valence-electron chi connectivity index (χ3n) is 2.20. The third kappa shape index (κ3) is 3.24. The first-order valence-electron chi connectivity index (χ1n) is 5.16. The number of benzene rings is 2. The quantitative estimate of drug-likeness (QED) is 0.753. The van der Waals surface area contributed by atoms with Gasteiger partial charge in [0.05, 0.1) is 0 Å². The van der Waals surface area contributed by atoms with Gasteiger partial charge in [-0.3, -0.25) is 5.32 Å². The van der Waals surface area contributed by atoms with Crippen LogP contribution in [0.5, 0.6) is 0 Å². The number of hydrogen-bond acceptors (Lipinski definition) is 2. The Kier molecular flexibility index (Phi) is 3.25. The highest BCUT2D eigenvalue weighted by molar-refractivity contribution is 5.83. The maximum atomic E-state index is 10.4. The lowest BCUT2D eigenvalue weighted by atomic mass is 10.2. The van der Waals surface area contributed by atoms with Gasteiger partial charge in [0.15, 0.2) is 0 Å². The molecule has 2 aromatic rings. The molecule has 0 aliphatic carbocycles. The first kappa shape index (κ1) is 11.0. The number of anilines is 3. The molecule has 0 saturated heterocycles. The molecule has 4 heteroatoms. The van der Waals surface area contributed by atoms with Crippen LogP contribution in [-0.4, -0.2) is 11.2 Å². The largest absolute Gasteiger partial charge is 0.465 e. The molecule has 0 spiro atoms. The van der Waals surface area contributed by atoms with Crippen molar-refractivity contribution in [1.29, 1.82) is 0 Å². The Hall–Kier alpha value is -2.49. The van der Waals surface area contributed by atoms with Crippen LogP contribution in [0.25, 0.3) is 0 Å². The van der Waals surface area contributed by atoms with Gasteiger partial charge in [-0.15, -0.1) is 0 Å². The number of nitrogens with one attached hydrogen (secondary N) is 2. The lowest BCUT2D eigenvalue weighted by Gasteiger charge is -2.07. The predicted octanol–water partition coefficient (Wildman–Crippen LogP) is 3.52. The van der Waals surface area contributed by atoms with E-state index in [4.69, 9.17) is 5.11 Å². The minimum absolute atomic E-state index is 0.552. The molecule has 2 rings (SSSR count). The van der Waals surface area contributed by atoms with Gasteiger partial charge in [0.2, 0.25) is 0 Å². The van der Waals surface area contributed by atoms with Crippen LogP contribution in [-0.2, 0) is 0 Å². The molecular formula is C13H12N2O2. The highest BCUT2D eigenvalue weighted by Crippen LogP contribution is 2.18. The van der Waals surface area contributed by atoms with Gasteiger partial charge < -0.3 is 10.4 Å². The van der Waals surface area contributed by atoms with Crippen LogP contribution in [0.4, 0.5) is 21.9 Å². The van der Waals surface area contributed by atoms with Gasteiger partial charge in [0.1, 0.15) is 0 Å². The van der Waals surface area contributed by atoms with E-state index in [1.165, 1.54) is 0 Å². The van der Waals surface area contributed by atoms with Gasteiger partial charge in [0.25, 0.3) is 0 Å². The third-order valence-corrected chi connectivity index (χ3v) is 2.20. The van der Waals surface area contributed by atoms with Gasteiger partial charge in [-0.25, -0.2) is 4.79 Å². The van der Waals surface area contributed by atoms with Gasteiger partial charge in [-0.2, -0.15) is 0 Å². The summed E-state index contributed by atoms with van der Waals surface area (Å²) in [4.78, 5) is 10.4. The fourth-order valence-corrected chi connectivity index (χ4v) is 1.45. The Morgan fingerprint density at radius 2 is 1.35 bits per heavy atom. The Bertz CT molecular complexity index is 495. The molecule has 0 unspecified atom stereocenters. The first-order chi connectivity index (χ1) is 8.24. The van der Waals surface area contributed by atoms with E-state index in [1.54, 1.807) is 12.1 Å². The van der Waals surface area contributed by atoms with E-state index >= 15 is 0 Å². The molecular weight excluding hydrogens is 216 g/mol. The molecule has 0 saturated carbocycles. The number of hydrogen-bond donors (Lipinski definition) is 3. The van der Waals surface area contributed by atoms with E-state index in [2.05, 4.69) is 10.6 Å². The molecule has 17 heavy (non-hydrogen) atoms. The Morgan fingerprint density at radius 1 is 0.824 bits per heavy atom. The Morgan fingerprint density at radius 3 is 1.94 bits per heavy atom. The van der Waals surface area contributed by atoms with Crippen LogP contribution in [0, 0.1) is 0 Å². The van der Waals surface area contributed by atoms with Crippen molar-refractivity contribution >= 4 is 23.2 Å². The van der Waals surface area contributed by atoms with E-state index in [-0.39, 0.29) is 0 Å². The second kappa shape index (κ2) is 5.03. The summed E-state index contributed by atoms with van der Waals surface area (Å²) < 4.78 is 0. The van der Waals surface area contributed by atoms with Crippen molar-refractivity contribution in [3.8, 4) is 0 Å². The average molecular weight is 228 g/mol. The van der Waals surface area contributed by atoms with Crippen molar-refractivity contribution in [2.75, 3.05) is 10.6 Å². The van der Waals surface area contributed by atoms with Crippen LogP contribution >= 0.6 is 0 Å². The fraction of sp³-hybridized carbons (Fsp3) is 0. The molecule has 0 aliphatic rings. The number of para-hydroxylation sites is 1. The first-order valence-corrected chi connectivity index (χ1v) is 5.16. The zero-order chi connectivity index (χ0) is 12.1. The Balaban J connectivity index is 2.06. The zero-order valence-corrected chi connectivity index (χ0v) is 9.05. The van der Waals surface area contributed by atoms with Crippen molar-refractivity contribution in [2.45, 2.75) is 0 Å². The van der Waals surface area contributed by atoms with Gasteiger partial charge in [-0.1, -0.05) is 18.2 Å². The van der Waals surface area contributed by atoms with Gasteiger partial charge >= 0.3 is 6.09 Å². The lowest BCUT2D eigenvalue weighted by molar-refractivity contribution is 0.210. The minimum Gasteiger partial charge on any atom is -0.465 e. The highest BCUT2D eigenvalue weighted by Gasteiger charge is 1.98. The zero-order valence-electron chi connectivity index (χ0n) is 9.05. The molecule has 0 bridgehead atoms. The van der Waals surface area contributed by atoms with Gasteiger partial charge in [-0.05, 0) is 36.4 Å². The summed E-state index contributed by atoms with van der Waals surface area (Å²) in [5.74, 6) is 0. The van der Waals surface area contributed by atoms with Crippen LogP contribution in [0.2, 0.25) is 0 Å². The smallest absolute Gasteiger partial charge is 0.409 e. The second-order valence-electron chi connectivity index (χ2n) is 3.50. The minimum atomic E-state index is -1.06. The van der Waals surface area contributed by atoms with E-state index in [0.29, 0.717) is 5.69 Å². The van der Waals surface area contributed by atoms with Crippen LogP contribution in [0.3, 0.4) is 0 Å². The van der Waals surface area contributed by atoms with E-state index in [1.807, 2.05) is 42.5 Å². The van der Waals surface area contributed by atoms with Crippen molar-refractivity contribution in [1.82, 2.24) is 0 Å². The van der Waals surface area contributed by atoms with Crippen molar-refractivity contribution in [3.63, 3.8) is 0 Å². The number of carbonyl (C=O) groups is 1. The molecule has 4 nitrogen and oxygen atoms in total. The van der Waals surface area contributed by atoms with Crippen molar-refractivity contribution in [3.05, 3.63) is 54.6 Å². The molecule has 2 aromatic carbocycles. The SMILES string of the molecule is O=C(O)Nc1ccc(Nc2ccccc2)cc1. The highest BCUT2D eigenvalue weighted by atomic mass is 16.4. The monoisotopic (exact) mass is 228 g/mol.